The molecule has 1 N–H and O–H groups in total. The lowest BCUT2D eigenvalue weighted by atomic mass is 10.1. The molecule has 0 fully saturated rings. The Hall–Kier alpha value is -2.43. The van der Waals surface area contributed by atoms with E-state index in [0.717, 1.165) is 29.0 Å². The van der Waals surface area contributed by atoms with Crippen molar-refractivity contribution in [2.24, 2.45) is 0 Å². The van der Waals surface area contributed by atoms with E-state index in [1.165, 1.54) is 0 Å². The van der Waals surface area contributed by atoms with Gasteiger partial charge >= 0.3 is 0 Å². The lowest BCUT2D eigenvalue weighted by Crippen LogP contribution is -1.88. The summed E-state index contributed by atoms with van der Waals surface area (Å²) in [5.74, 6) is -0.519. The molecule has 0 amide bonds. The number of hydrogen-bond acceptors (Lipinski definition) is 2. The molecule has 0 radical (unpaired) electrons. The smallest absolute Gasteiger partial charge is 0.161 e. The Morgan fingerprint density at radius 1 is 1.10 bits per heavy atom. The van der Waals surface area contributed by atoms with Gasteiger partial charge in [-0.25, -0.2) is 13.8 Å². The fourth-order valence-electron chi connectivity index (χ4n) is 2.11. The second-order valence-corrected chi connectivity index (χ2v) is 4.55. The highest BCUT2D eigenvalue weighted by Crippen LogP contribution is 2.27. The topological polar surface area (TPSA) is 37.9 Å². The molecule has 20 heavy (non-hydrogen) atoms. The van der Waals surface area contributed by atoms with Crippen LogP contribution in [-0.4, -0.2) is 17.1 Å². The van der Waals surface area contributed by atoms with Crippen molar-refractivity contribution in [3.05, 3.63) is 47.5 Å². The first kappa shape index (κ1) is 12.6. The number of fused-ring (bicyclic) bond motifs is 1. The quantitative estimate of drug-likeness (QED) is 0.771. The number of halogens is 2. The van der Waals surface area contributed by atoms with E-state index < -0.39 is 11.6 Å². The van der Waals surface area contributed by atoms with E-state index in [0.29, 0.717) is 16.9 Å². The number of aryl methyl sites for hydroxylation is 1. The van der Waals surface area contributed by atoms with Gasteiger partial charge in [0.2, 0.25) is 0 Å². The molecule has 0 spiro atoms. The number of rotatable bonds is 2. The molecular weight excluding hydrogens is 262 g/mol. The molecule has 3 aromatic rings. The van der Waals surface area contributed by atoms with Gasteiger partial charge in [-0.05, 0) is 18.6 Å². The Bertz CT molecular complexity index is 757. The first-order valence-corrected chi connectivity index (χ1v) is 6.08. The first-order chi connectivity index (χ1) is 9.58. The molecular formula is C15H12F2N2O. The maximum absolute atomic E-state index is 13.2. The molecule has 0 aliphatic rings. The van der Waals surface area contributed by atoms with Gasteiger partial charge in [-0.2, -0.15) is 0 Å². The summed E-state index contributed by atoms with van der Waals surface area (Å²) in [7, 11) is 1.59. The maximum Gasteiger partial charge on any atom is 0.161 e. The SMILES string of the molecule is COc1cc(-c2nc3cc(F)c(F)cc3[nH]2)ccc1C. The zero-order chi connectivity index (χ0) is 14.3. The normalized spacial score (nSPS) is 11.0. The van der Waals surface area contributed by atoms with Gasteiger partial charge in [0.1, 0.15) is 11.6 Å². The Balaban J connectivity index is 2.14. The second kappa shape index (κ2) is 4.59. The molecule has 0 bridgehead atoms. The van der Waals surface area contributed by atoms with E-state index in [1.54, 1.807) is 7.11 Å². The fourth-order valence-corrected chi connectivity index (χ4v) is 2.11. The van der Waals surface area contributed by atoms with Crippen molar-refractivity contribution < 1.29 is 13.5 Å². The van der Waals surface area contributed by atoms with E-state index in [-0.39, 0.29) is 0 Å². The molecule has 0 saturated carbocycles. The van der Waals surface area contributed by atoms with Crippen LogP contribution in [0.25, 0.3) is 22.4 Å². The molecule has 5 heteroatoms. The summed E-state index contributed by atoms with van der Waals surface area (Å²) >= 11 is 0. The van der Waals surface area contributed by atoms with Crippen molar-refractivity contribution >= 4 is 11.0 Å². The Kier molecular flexibility index (Phi) is 2.89. The third kappa shape index (κ3) is 2.01. The minimum atomic E-state index is -0.906. The van der Waals surface area contributed by atoms with Crippen molar-refractivity contribution in [2.75, 3.05) is 7.11 Å². The standard InChI is InChI=1S/C15H12F2N2O/c1-8-3-4-9(5-14(8)20-2)15-18-12-6-10(16)11(17)7-13(12)19-15/h3-7H,1-2H3,(H,18,19). The van der Waals surface area contributed by atoms with Crippen LogP contribution in [0, 0.1) is 18.6 Å². The summed E-state index contributed by atoms with van der Waals surface area (Å²) in [6.07, 6.45) is 0. The van der Waals surface area contributed by atoms with Gasteiger partial charge in [0.05, 0.1) is 18.1 Å². The minimum Gasteiger partial charge on any atom is -0.496 e. The second-order valence-electron chi connectivity index (χ2n) is 4.55. The number of benzene rings is 2. The van der Waals surface area contributed by atoms with Crippen LogP contribution < -0.4 is 4.74 Å². The van der Waals surface area contributed by atoms with Gasteiger partial charge in [0.15, 0.2) is 11.6 Å². The number of methoxy groups -OCH3 is 1. The van der Waals surface area contributed by atoms with E-state index >= 15 is 0 Å². The third-order valence-electron chi connectivity index (χ3n) is 3.21. The van der Waals surface area contributed by atoms with E-state index in [1.807, 2.05) is 25.1 Å². The lowest BCUT2D eigenvalue weighted by molar-refractivity contribution is 0.412. The summed E-state index contributed by atoms with van der Waals surface area (Å²) < 4.78 is 31.6. The molecule has 3 nitrogen and oxygen atoms in total. The summed E-state index contributed by atoms with van der Waals surface area (Å²) in [4.78, 5) is 7.25. The number of hydrogen-bond donors (Lipinski definition) is 1. The predicted octanol–water partition coefficient (Wildman–Crippen LogP) is 3.83. The molecule has 102 valence electrons. The Labute approximate surface area is 114 Å². The van der Waals surface area contributed by atoms with Crippen molar-refractivity contribution in [2.45, 2.75) is 6.92 Å². The monoisotopic (exact) mass is 274 g/mol. The minimum absolute atomic E-state index is 0.387. The van der Waals surface area contributed by atoms with Gasteiger partial charge in [-0.1, -0.05) is 12.1 Å². The van der Waals surface area contributed by atoms with Crippen molar-refractivity contribution in [1.29, 1.82) is 0 Å². The summed E-state index contributed by atoms with van der Waals surface area (Å²) in [5, 5.41) is 0. The van der Waals surface area contributed by atoms with Crippen LogP contribution in [0.15, 0.2) is 30.3 Å². The van der Waals surface area contributed by atoms with Crippen molar-refractivity contribution in [3.63, 3.8) is 0 Å². The van der Waals surface area contributed by atoms with Crippen LogP contribution >= 0.6 is 0 Å². The number of ether oxygens (including phenoxy) is 1. The van der Waals surface area contributed by atoms with Gasteiger partial charge in [0.25, 0.3) is 0 Å². The number of aromatic amines is 1. The third-order valence-corrected chi connectivity index (χ3v) is 3.21. The van der Waals surface area contributed by atoms with Crippen molar-refractivity contribution in [1.82, 2.24) is 9.97 Å². The van der Waals surface area contributed by atoms with Crippen LogP contribution in [0.5, 0.6) is 5.75 Å². The van der Waals surface area contributed by atoms with E-state index in [2.05, 4.69) is 9.97 Å². The summed E-state index contributed by atoms with van der Waals surface area (Å²) in [6.45, 7) is 1.94. The fraction of sp³-hybridized carbons (Fsp3) is 0.133. The zero-order valence-corrected chi connectivity index (χ0v) is 11.0. The molecule has 1 heterocycles. The van der Waals surface area contributed by atoms with E-state index in [9.17, 15) is 8.78 Å². The molecule has 0 aliphatic heterocycles. The van der Waals surface area contributed by atoms with Gasteiger partial charge in [-0.3, -0.25) is 0 Å². The number of aromatic nitrogens is 2. The molecule has 2 aromatic carbocycles. The van der Waals surface area contributed by atoms with Crippen LogP contribution in [0.4, 0.5) is 8.78 Å². The van der Waals surface area contributed by atoms with Gasteiger partial charge in [-0.15, -0.1) is 0 Å². The first-order valence-electron chi connectivity index (χ1n) is 6.08. The van der Waals surface area contributed by atoms with Gasteiger partial charge < -0.3 is 9.72 Å². The maximum atomic E-state index is 13.2. The highest BCUT2D eigenvalue weighted by Gasteiger charge is 2.11. The predicted molar refractivity (Wildman–Crippen MR) is 72.7 cm³/mol. The average molecular weight is 274 g/mol. The number of H-pyrrole nitrogens is 1. The van der Waals surface area contributed by atoms with Gasteiger partial charge in [0, 0.05) is 17.7 Å². The van der Waals surface area contributed by atoms with Crippen LogP contribution in [0.1, 0.15) is 5.56 Å². The average Bonchev–Trinajstić information content (AvgIpc) is 2.82. The van der Waals surface area contributed by atoms with Crippen LogP contribution in [0.2, 0.25) is 0 Å². The molecule has 1 aromatic heterocycles. The Morgan fingerprint density at radius 2 is 1.85 bits per heavy atom. The van der Waals surface area contributed by atoms with E-state index in [4.69, 9.17) is 4.74 Å². The number of imidazole rings is 1. The molecule has 0 atom stereocenters. The number of nitrogens with one attached hydrogen (secondary N) is 1. The molecule has 0 unspecified atom stereocenters. The summed E-state index contributed by atoms with van der Waals surface area (Å²) in [5.41, 5.74) is 2.64. The largest absolute Gasteiger partial charge is 0.496 e. The molecule has 0 aliphatic carbocycles. The molecule has 0 saturated heterocycles. The number of nitrogens with zero attached hydrogens (tertiary/aromatic N) is 1. The molecule has 3 rings (SSSR count). The highest BCUT2D eigenvalue weighted by atomic mass is 19.2. The lowest BCUT2D eigenvalue weighted by Gasteiger charge is -2.05. The summed E-state index contributed by atoms with van der Waals surface area (Å²) in [6, 6.07) is 7.80. The van der Waals surface area contributed by atoms with Crippen LogP contribution in [-0.2, 0) is 0 Å². The van der Waals surface area contributed by atoms with Crippen molar-refractivity contribution in [3.8, 4) is 17.1 Å². The van der Waals surface area contributed by atoms with Crippen LogP contribution in [0.3, 0.4) is 0 Å². The zero-order valence-electron chi connectivity index (χ0n) is 11.0. The Morgan fingerprint density at radius 3 is 2.60 bits per heavy atom. The highest BCUT2D eigenvalue weighted by molar-refractivity contribution is 5.79.